The highest BCUT2D eigenvalue weighted by molar-refractivity contribution is 5.92. The second-order valence-corrected chi connectivity index (χ2v) is 6.68. The summed E-state index contributed by atoms with van der Waals surface area (Å²) in [5.74, 6) is -0.213. The molecule has 144 valence electrons. The second-order valence-electron chi connectivity index (χ2n) is 6.68. The van der Waals surface area contributed by atoms with E-state index in [9.17, 15) is 9.59 Å². The molecule has 2 aromatic heterocycles. The molecular weight excluding hydrogens is 346 g/mol. The van der Waals surface area contributed by atoms with E-state index in [-0.39, 0.29) is 23.8 Å². The lowest BCUT2D eigenvalue weighted by Gasteiger charge is -2.32. The summed E-state index contributed by atoms with van der Waals surface area (Å²) in [4.78, 5) is 31.1. The minimum Gasteiger partial charge on any atom is -0.382 e. The third kappa shape index (κ3) is 4.51. The minimum absolute atomic E-state index is 0.0109. The van der Waals surface area contributed by atoms with Crippen molar-refractivity contribution in [3.8, 4) is 0 Å². The molecule has 3 rings (SSSR count). The maximum atomic E-state index is 12.7. The summed E-state index contributed by atoms with van der Waals surface area (Å²) in [5, 5.41) is 7.22. The number of carbonyl (C=O) groups is 2. The number of nitrogens with one attached hydrogen (secondary N) is 1. The Hall–Kier alpha value is -2.74. The van der Waals surface area contributed by atoms with Crippen molar-refractivity contribution in [2.45, 2.75) is 18.9 Å². The first kappa shape index (κ1) is 19.0. The molecular formula is C19H25N5O3. The van der Waals surface area contributed by atoms with Crippen molar-refractivity contribution >= 4 is 11.8 Å². The van der Waals surface area contributed by atoms with Crippen LogP contribution in [0.1, 0.15) is 35.1 Å². The second kappa shape index (κ2) is 8.77. The molecule has 27 heavy (non-hydrogen) atoms. The highest BCUT2D eigenvalue weighted by atomic mass is 16.5. The molecule has 0 bridgehead atoms. The van der Waals surface area contributed by atoms with Crippen LogP contribution in [0.5, 0.6) is 0 Å². The van der Waals surface area contributed by atoms with E-state index in [1.54, 1.807) is 47.3 Å². The number of amides is 2. The van der Waals surface area contributed by atoms with Gasteiger partial charge in [-0.1, -0.05) is 6.07 Å². The number of likely N-dealkylation sites (tertiary alicyclic amines) is 1. The zero-order chi connectivity index (χ0) is 19.2. The van der Waals surface area contributed by atoms with Crippen molar-refractivity contribution in [1.29, 1.82) is 0 Å². The predicted molar refractivity (Wildman–Crippen MR) is 98.8 cm³/mol. The Kier molecular flexibility index (Phi) is 6.18. The average molecular weight is 371 g/mol. The molecule has 0 aromatic carbocycles. The number of hydrogen-bond donors (Lipinski definition) is 1. The third-order valence-electron chi connectivity index (χ3n) is 4.90. The number of pyridine rings is 1. The number of aromatic nitrogens is 3. The topological polar surface area (TPSA) is 89.3 Å². The van der Waals surface area contributed by atoms with Crippen LogP contribution in [-0.4, -0.2) is 58.3 Å². The van der Waals surface area contributed by atoms with E-state index >= 15 is 0 Å². The molecule has 1 aliphatic rings. The molecule has 1 saturated heterocycles. The summed E-state index contributed by atoms with van der Waals surface area (Å²) in [6.45, 7) is 1.48. The molecule has 0 aliphatic carbocycles. The first-order valence-electron chi connectivity index (χ1n) is 9.07. The third-order valence-corrected chi connectivity index (χ3v) is 4.90. The Bertz CT molecular complexity index is 769. The van der Waals surface area contributed by atoms with Gasteiger partial charge in [-0.05, 0) is 31.0 Å². The molecule has 2 aromatic rings. The fourth-order valence-corrected chi connectivity index (χ4v) is 3.38. The number of hydrogen-bond acceptors (Lipinski definition) is 5. The minimum atomic E-state index is -0.247. The van der Waals surface area contributed by atoms with Crippen LogP contribution < -0.4 is 5.32 Å². The van der Waals surface area contributed by atoms with Crippen LogP contribution in [0.25, 0.3) is 0 Å². The Morgan fingerprint density at radius 3 is 2.63 bits per heavy atom. The molecule has 0 spiro atoms. The largest absolute Gasteiger partial charge is 0.382 e. The SMILES string of the molecule is COCC(NC(=O)C1CCN(C(=O)c2ccccn2)CC1)c1ccnn1C. The standard InChI is InChI=1S/C19H25N5O3/c1-23-17(6-10-21-23)16(13-27-2)22-18(25)14-7-11-24(12-8-14)19(26)15-5-3-4-9-20-15/h3-6,9-10,14,16H,7-8,11-13H2,1-2H3,(H,22,25). The van der Waals surface area contributed by atoms with E-state index in [0.717, 1.165) is 5.69 Å². The van der Waals surface area contributed by atoms with Crippen LogP contribution in [0.2, 0.25) is 0 Å². The van der Waals surface area contributed by atoms with Crippen LogP contribution in [0.4, 0.5) is 0 Å². The normalized spacial score (nSPS) is 16.1. The van der Waals surface area contributed by atoms with Gasteiger partial charge in [-0.25, -0.2) is 0 Å². The van der Waals surface area contributed by atoms with Crippen molar-refractivity contribution in [1.82, 2.24) is 25.0 Å². The van der Waals surface area contributed by atoms with Gasteiger partial charge in [0.2, 0.25) is 5.91 Å². The number of methoxy groups -OCH3 is 1. The Labute approximate surface area is 158 Å². The maximum Gasteiger partial charge on any atom is 0.272 e. The lowest BCUT2D eigenvalue weighted by molar-refractivity contribution is -0.127. The molecule has 8 nitrogen and oxygen atoms in total. The van der Waals surface area contributed by atoms with E-state index in [0.29, 0.717) is 38.2 Å². The smallest absolute Gasteiger partial charge is 0.272 e. The van der Waals surface area contributed by atoms with E-state index in [1.165, 1.54) is 0 Å². The first-order valence-corrected chi connectivity index (χ1v) is 9.07. The molecule has 3 heterocycles. The molecule has 0 radical (unpaired) electrons. The fraction of sp³-hybridized carbons (Fsp3) is 0.474. The van der Waals surface area contributed by atoms with E-state index in [1.807, 2.05) is 13.1 Å². The number of ether oxygens (including phenoxy) is 1. The van der Waals surface area contributed by atoms with E-state index < -0.39 is 0 Å². The van der Waals surface area contributed by atoms with Gasteiger partial charge in [0.05, 0.1) is 18.3 Å². The highest BCUT2D eigenvalue weighted by Crippen LogP contribution is 2.21. The van der Waals surface area contributed by atoms with Crippen LogP contribution >= 0.6 is 0 Å². The van der Waals surface area contributed by atoms with Crippen molar-refractivity contribution in [3.63, 3.8) is 0 Å². The van der Waals surface area contributed by atoms with Crippen molar-refractivity contribution in [2.24, 2.45) is 13.0 Å². The Morgan fingerprint density at radius 2 is 2.04 bits per heavy atom. The monoisotopic (exact) mass is 371 g/mol. The van der Waals surface area contributed by atoms with Gasteiger partial charge >= 0.3 is 0 Å². The summed E-state index contributed by atoms with van der Waals surface area (Å²) >= 11 is 0. The molecule has 0 saturated carbocycles. The first-order chi connectivity index (χ1) is 13.1. The highest BCUT2D eigenvalue weighted by Gasteiger charge is 2.30. The lowest BCUT2D eigenvalue weighted by Crippen LogP contribution is -2.44. The van der Waals surface area contributed by atoms with Gasteiger partial charge < -0.3 is 15.0 Å². The maximum absolute atomic E-state index is 12.7. The van der Waals surface area contributed by atoms with Gasteiger partial charge in [0, 0.05) is 45.6 Å². The number of rotatable bonds is 6. The number of piperidine rings is 1. The van der Waals surface area contributed by atoms with Crippen LogP contribution in [0.15, 0.2) is 36.7 Å². The van der Waals surface area contributed by atoms with Gasteiger partial charge in [0.1, 0.15) is 5.69 Å². The number of carbonyl (C=O) groups excluding carboxylic acids is 2. The summed E-state index contributed by atoms with van der Waals surface area (Å²) in [5.41, 5.74) is 1.34. The summed E-state index contributed by atoms with van der Waals surface area (Å²) in [6, 6.07) is 6.92. The van der Waals surface area contributed by atoms with Crippen LogP contribution in [-0.2, 0) is 16.6 Å². The van der Waals surface area contributed by atoms with Gasteiger partial charge in [-0.2, -0.15) is 5.10 Å². The Morgan fingerprint density at radius 1 is 1.26 bits per heavy atom. The number of aryl methyl sites for hydroxylation is 1. The van der Waals surface area contributed by atoms with Gasteiger partial charge in [0.15, 0.2) is 0 Å². The van der Waals surface area contributed by atoms with Gasteiger partial charge in [0.25, 0.3) is 5.91 Å². The zero-order valence-corrected chi connectivity index (χ0v) is 15.7. The van der Waals surface area contributed by atoms with Crippen LogP contribution in [0, 0.1) is 5.92 Å². The predicted octanol–water partition coefficient (Wildman–Crippen LogP) is 1.17. The summed E-state index contributed by atoms with van der Waals surface area (Å²) in [6.07, 6.45) is 4.58. The molecule has 1 unspecified atom stereocenters. The van der Waals surface area contributed by atoms with Crippen molar-refractivity contribution < 1.29 is 14.3 Å². The van der Waals surface area contributed by atoms with Crippen molar-refractivity contribution in [3.05, 3.63) is 48.0 Å². The molecule has 1 fully saturated rings. The van der Waals surface area contributed by atoms with Crippen molar-refractivity contribution in [2.75, 3.05) is 26.8 Å². The van der Waals surface area contributed by atoms with Gasteiger partial charge in [-0.3, -0.25) is 19.3 Å². The molecule has 8 heteroatoms. The zero-order valence-electron chi connectivity index (χ0n) is 15.7. The lowest BCUT2D eigenvalue weighted by atomic mass is 9.95. The molecule has 1 aliphatic heterocycles. The van der Waals surface area contributed by atoms with Crippen LogP contribution in [0.3, 0.4) is 0 Å². The summed E-state index contributed by atoms with van der Waals surface area (Å²) in [7, 11) is 3.45. The summed E-state index contributed by atoms with van der Waals surface area (Å²) < 4.78 is 6.99. The fourth-order valence-electron chi connectivity index (χ4n) is 3.38. The van der Waals surface area contributed by atoms with E-state index in [2.05, 4.69) is 15.4 Å². The Balaban J connectivity index is 1.56. The quantitative estimate of drug-likeness (QED) is 0.823. The molecule has 1 atom stereocenters. The molecule has 2 amide bonds. The molecule has 1 N–H and O–H groups in total. The number of nitrogens with zero attached hydrogens (tertiary/aromatic N) is 4. The van der Waals surface area contributed by atoms with E-state index in [4.69, 9.17) is 4.74 Å². The average Bonchev–Trinajstić information content (AvgIpc) is 3.13. The van der Waals surface area contributed by atoms with Gasteiger partial charge in [-0.15, -0.1) is 0 Å².